The summed E-state index contributed by atoms with van der Waals surface area (Å²) in [5.41, 5.74) is -0.460. The minimum atomic E-state index is -4.40. The predicted octanol–water partition coefficient (Wildman–Crippen LogP) is 4.17. The first kappa shape index (κ1) is 12.4. The molecule has 0 aliphatic rings. The quantitative estimate of drug-likeness (QED) is 0.753. The summed E-state index contributed by atoms with van der Waals surface area (Å²) in [6, 6.07) is 7.69. The predicted molar refractivity (Wildman–Crippen MR) is 59.2 cm³/mol. The Labute approximate surface area is 101 Å². The van der Waals surface area contributed by atoms with E-state index in [4.69, 9.17) is 4.42 Å². The van der Waals surface area contributed by atoms with Gasteiger partial charge in [-0.05, 0) is 24.3 Å². The van der Waals surface area contributed by atoms with Gasteiger partial charge in [0.25, 0.3) is 0 Å². The van der Waals surface area contributed by atoms with E-state index in [1.807, 2.05) is 0 Å². The molecule has 0 saturated heterocycles. The van der Waals surface area contributed by atoms with Gasteiger partial charge < -0.3 is 4.42 Å². The van der Waals surface area contributed by atoms with Crippen LogP contribution in [0.1, 0.15) is 23.0 Å². The topological polar surface area (TPSA) is 30.2 Å². The van der Waals surface area contributed by atoms with Crippen molar-refractivity contribution in [2.45, 2.75) is 13.1 Å². The van der Waals surface area contributed by atoms with Crippen LogP contribution < -0.4 is 0 Å². The maximum Gasteiger partial charge on any atom is 0.416 e. The molecule has 1 aromatic heterocycles. The molecule has 0 unspecified atom stereocenters. The fourth-order valence-corrected chi connectivity index (χ4v) is 1.53. The SMILES string of the molecule is CC(=O)c1ccc(-c2cccc(C(F)(F)F)c2)o1. The van der Waals surface area contributed by atoms with Gasteiger partial charge in [0.05, 0.1) is 5.56 Å². The highest BCUT2D eigenvalue weighted by Crippen LogP contribution is 2.32. The monoisotopic (exact) mass is 254 g/mol. The van der Waals surface area contributed by atoms with E-state index in [1.165, 1.54) is 31.2 Å². The number of benzene rings is 1. The average molecular weight is 254 g/mol. The molecular weight excluding hydrogens is 245 g/mol. The lowest BCUT2D eigenvalue weighted by molar-refractivity contribution is -0.137. The van der Waals surface area contributed by atoms with Gasteiger partial charge in [0.15, 0.2) is 11.5 Å². The van der Waals surface area contributed by atoms with Crippen molar-refractivity contribution in [1.82, 2.24) is 0 Å². The van der Waals surface area contributed by atoms with E-state index in [0.29, 0.717) is 0 Å². The van der Waals surface area contributed by atoms with Crippen LogP contribution in [-0.2, 0) is 6.18 Å². The molecule has 2 aromatic rings. The molecule has 0 fully saturated rings. The van der Waals surface area contributed by atoms with Gasteiger partial charge in [-0.25, -0.2) is 0 Å². The lowest BCUT2D eigenvalue weighted by atomic mass is 10.1. The summed E-state index contributed by atoms with van der Waals surface area (Å²) in [6.07, 6.45) is -4.40. The summed E-state index contributed by atoms with van der Waals surface area (Å²) in [4.78, 5) is 11.0. The van der Waals surface area contributed by atoms with Crippen molar-refractivity contribution in [3.63, 3.8) is 0 Å². The number of hydrogen-bond donors (Lipinski definition) is 0. The molecule has 2 rings (SSSR count). The van der Waals surface area contributed by atoms with Crippen molar-refractivity contribution >= 4 is 5.78 Å². The minimum absolute atomic E-state index is 0.127. The first-order valence-electron chi connectivity index (χ1n) is 5.16. The molecule has 2 nitrogen and oxygen atoms in total. The summed E-state index contributed by atoms with van der Waals surface area (Å²) < 4.78 is 42.8. The smallest absolute Gasteiger partial charge is 0.416 e. The second-order valence-corrected chi connectivity index (χ2v) is 3.80. The Balaban J connectivity index is 2.41. The van der Waals surface area contributed by atoms with Gasteiger partial charge in [0.1, 0.15) is 5.76 Å². The van der Waals surface area contributed by atoms with Crippen LogP contribution in [0.4, 0.5) is 13.2 Å². The molecule has 0 aliphatic heterocycles. The molecular formula is C13H9F3O2. The Kier molecular flexibility index (Phi) is 2.98. The number of hydrogen-bond acceptors (Lipinski definition) is 2. The van der Waals surface area contributed by atoms with Crippen LogP contribution in [0.5, 0.6) is 0 Å². The summed E-state index contributed by atoms with van der Waals surface area (Å²) >= 11 is 0. The maximum absolute atomic E-state index is 12.5. The molecule has 1 aromatic carbocycles. The second-order valence-electron chi connectivity index (χ2n) is 3.80. The number of carbonyl (C=O) groups excluding carboxylic acids is 1. The zero-order chi connectivity index (χ0) is 13.3. The zero-order valence-corrected chi connectivity index (χ0v) is 9.41. The Morgan fingerprint density at radius 1 is 1.17 bits per heavy atom. The van der Waals surface area contributed by atoms with Gasteiger partial charge in [-0.1, -0.05) is 12.1 Å². The number of halogens is 3. The summed E-state index contributed by atoms with van der Waals surface area (Å²) in [7, 11) is 0. The molecule has 18 heavy (non-hydrogen) atoms. The molecule has 0 saturated carbocycles. The van der Waals surface area contributed by atoms with Gasteiger partial charge in [0.2, 0.25) is 0 Å². The van der Waals surface area contributed by atoms with Crippen LogP contribution in [0, 0.1) is 0 Å². The van der Waals surface area contributed by atoms with E-state index in [2.05, 4.69) is 0 Å². The molecule has 0 bridgehead atoms. The maximum atomic E-state index is 12.5. The van der Waals surface area contributed by atoms with Gasteiger partial charge in [0, 0.05) is 12.5 Å². The number of Topliss-reactive ketones (excluding diaryl/α,β-unsaturated/α-hetero) is 1. The van der Waals surface area contributed by atoms with Gasteiger partial charge >= 0.3 is 6.18 Å². The number of alkyl halides is 3. The molecule has 5 heteroatoms. The van der Waals surface area contributed by atoms with Crippen LogP contribution in [0.15, 0.2) is 40.8 Å². The van der Waals surface area contributed by atoms with Gasteiger partial charge in [-0.2, -0.15) is 13.2 Å². The zero-order valence-electron chi connectivity index (χ0n) is 9.41. The minimum Gasteiger partial charge on any atom is -0.453 e. The number of furan rings is 1. The van der Waals surface area contributed by atoms with Crippen molar-refractivity contribution in [2.24, 2.45) is 0 Å². The summed E-state index contributed by atoms with van der Waals surface area (Å²) in [5.74, 6) is 0.0990. The van der Waals surface area contributed by atoms with E-state index < -0.39 is 11.7 Å². The van der Waals surface area contributed by atoms with Crippen molar-refractivity contribution in [2.75, 3.05) is 0 Å². The molecule has 94 valence electrons. The lowest BCUT2D eigenvalue weighted by Crippen LogP contribution is -2.04. The van der Waals surface area contributed by atoms with E-state index >= 15 is 0 Å². The average Bonchev–Trinajstić information content (AvgIpc) is 2.77. The second kappa shape index (κ2) is 4.33. The molecule has 0 radical (unpaired) electrons. The van der Waals surface area contributed by atoms with Crippen LogP contribution in [0.2, 0.25) is 0 Å². The largest absolute Gasteiger partial charge is 0.453 e. The van der Waals surface area contributed by atoms with Gasteiger partial charge in [-0.15, -0.1) is 0 Å². The van der Waals surface area contributed by atoms with E-state index in [9.17, 15) is 18.0 Å². The summed E-state index contributed by atoms with van der Waals surface area (Å²) in [5, 5.41) is 0. The molecule has 0 aliphatic carbocycles. The Morgan fingerprint density at radius 3 is 2.44 bits per heavy atom. The lowest BCUT2D eigenvalue weighted by Gasteiger charge is -2.07. The molecule has 0 atom stereocenters. The van der Waals surface area contributed by atoms with Crippen molar-refractivity contribution < 1.29 is 22.4 Å². The molecule has 1 heterocycles. The highest BCUT2D eigenvalue weighted by molar-refractivity contribution is 5.91. The van der Waals surface area contributed by atoms with Crippen LogP contribution >= 0.6 is 0 Å². The third kappa shape index (κ3) is 2.45. The molecule has 0 spiro atoms. The summed E-state index contributed by atoms with van der Waals surface area (Å²) in [6.45, 7) is 1.33. The standard InChI is InChI=1S/C13H9F3O2/c1-8(17)11-5-6-12(18-11)9-3-2-4-10(7-9)13(14,15)16/h2-7H,1H3. The molecule has 0 N–H and O–H groups in total. The van der Waals surface area contributed by atoms with Crippen LogP contribution in [-0.4, -0.2) is 5.78 Å². The third-order valence-corrected chi connectivity index (χ3v) is 2.43. The normalized spacial score (nSPS) is 11.6. The third-order valence-electron chi connectivity index (χ3n) is 2.43. The number of rotatable bonds is 2. The van der Waals surface area contributed by atoms with Crippen LogP contribution in [0.3, 0.4) is 0 Å². The number of carbonyl (C=O) groups is 1. The van der Waals surface area contributed by atoms with E-state index in [-0.39, 0.29) is 22.9 Å². The highest BCUT2D eigenvalue weighted by atomic mass is 19.4. The van der Waals surface area contributed by atoms with Crippen molar-refractivity contribution in [3.8, 4) is 11.3 Å². The van der Waals surface area contributed by atoms with Crippen molar-refractivity contribution in [3.05, 3.63) is 47.7 Å². The first-order chi connectivity index (χ1) is 8.38. The Hall–Kier alpha value is -2.04. The van der Waals surface area contributed by atoms with Crippen molar-refractivity contribution in [1.29, 1.82) is 0 Å². The fraction of sp³-hybridized carbons (Fsp3) is 0.154. The van der Waals surface area contributed by atoms with Gasteiger partial charge in [-0.3, -0.25) is 4.79 Å². The Bertz CT molecular complexity index is 582. The Morgan fingerprint density at radius 2 is 1.89 bits per heavy atom. The number of ketones is 1. The molecule has 0 amide bonds. The fourth-order valence-electron chi connectivity index (χ4n) is 1.53. The highest BCUT2D eigenvalue weighted by Gasteiger charge is 2.30. The van der Waals surface area contributed by atoms with E-state index in [0.717, 1.165) is 12.1 Å². The first-order valence-corrected chi connectivity index (χ1v) is 5.16. The van der Waals surface area contributed by atoms with E-state index in [1.54, 1.807) is 0 Å². The van der Waals surface area contributed by atoms with Crippen LogP contribution in [0.25, 0.3) is 11.3 Å².